The third kappa shape index (κ3) is 4.22. The van der Waals surface area contributed by atoms with Crippen LogP contribution in [0, 0.1) is 5.92 Å². The van der Waals surface area contributed by atoms with Crippen LogP contribution in [0.15, 0.2) is 59.9 Å². The van der Waals surface area contributed by atoms with Crippen molar-refractivity contribution < 1.29 is 27.0 Å². The Labute approximate surface area is 179 Å². The predicted molar refractivity (Wildman–Crippen MR) is 113 cm³/mol. The molecule has 31 heavy (non-hydrogen) atoms. The van der Waals surface area contributed by atoms with E-state index in [-0.39, 0.29) is 23.0 Å². The second-order valence-electron chi connectivity index (χ2n) is 8.37. The van der Waals surface area contributed by atoms with Crippen LogP contribution in [0.1, 0.15) is 30.9 Å². The fourth-order valence-electron chi connectivity index (χ4n) is 4.33. The zero-order chi connectivity index (χ0) is 22.1. The van der Waals surface area contributed by atoms with Crippen molar-refractivity contribution >= 4 is 11.1 Å². The smallest absolute Gasteiger partial charge is 0.192 e. The summed E-state index contributed by atoms with van der Waals surface area (Å²) >= 11 is 0. The van der Waals surface area contributed by atoms with Gasteiger partial charge in [0, 0.05) is 6.61 Å². The van der Waals surface area contributed by atoms with Gasteiger partial charge in [-0.15, -0.1) is 0 Å². The van der Waals surface area contributed by atoms with Crippen LogP contribution < -0.4 is 0 Å². The highest BCUT2D eigenvalue weighted by Gasteiger charge is 2.37. The molecule has 166 valence electrons. The highest BCUT2D eigenvalue weighted by atomic mass is 19.2. The minimum absolute atomic E-state index is 0.0616. The van der Waals surface area contributed by atoms with Gasteiger partial charge < -0.3 is 9.47 Å². The molecule has 4 rings (SSSR count). The molecule has 1 aromatic carbocycles. The van der Waals surface area contributed by atoms with Crippen LogP contribution >= 0.6 is 0 Å². The first-order valence-electron chi connectivity index (χ1n) is 10.6. The van der Waals surface area contributed by atoms with Gasteiger partial charge in [-0.3, -0.25) is 0 Å². The van der Waals surface area contributed by atoms with Gasteiger partial charge in [0.05, 0.1) is 13.2 Å². The molecule has 1 fully saturated rings. The molecule has 6 atom stereocenters. The summed E-state index contributed by atoms with van der Waals surface area (Å²) in [7, 11) is 1.29. The number of rotatable bonds is 4. The molecule has 1 aromatic rings. The lowest BCUT2D eigenvalue weighted by Gasteiger charge is -2.33. The summed E-state index contributed by atoms with van der Waals surface area (Å²) in [6, 6.07) is 6.40. The van der Waals surface area contributed by atoms with E-state index in [0.29, 0.717) is 35.6 Å². The first-order valence-corrected chi connectivity index (χ1v) is 10.6. The summed E-state index contributed by atoms with van der Waals surface area (Å²) in [5.74, 6) is 0.366. The van der Waals surface area contributed by atoms with E-state index in [1.807, 2.05) is 0 Å². The topological polar surface area (TPSA) is 18.5 Å². The number of benzene rings is 1. The zero-order valence-corrected chi connectivity index (χ0v) is 17.5. The molecule has 3 aliphatic rings. The predicted octanol–water partition coefficient (Wildman–Crippen LogP) is 6.10. The highest BCUT2D eigenvalue weighted by Crippen LogP contribution is 2.38. The van der Waals surface area contributed by atoms with Gasteiger partial charge in [0.1, 0.15) is 5.76 Å². The van der Waals surface area contributed by atoms with Gasteiger partial charge in [0.15, 0.2) is 24.7 Å². The van der Waals surface area contributed by atoms with Crippen LogP contribution in [-0.4, -0.2) is 44.5 Å². The number of halogens is 4. The number of allylic oxidation sites excluding steroid dienone is 7. The van der Waals surface area contributed by atoms with Crippen molar-refractivity contribution in [2.75, 3.05) is 13.7 Å². The Balaban J connectivity index is 1.55. The van der Waals surface area contributed by atoms with Gasteiger partial charge in [0.2, 0.25) is 0 Å². The summed E-state index contributed by atoms with van der Waals surface area (Å²) in [4.78, 5) is 0. The standard InChI is InChI=1S/C25H26F4O2/c1-14-3-11-20(31-13-14)19-9-8-17(22(26)24(19)28)15-4-6-16(7-5-15)18-10-12-21(30-2)25(29)23(18)27/h4-10,12,14,20,22-25H,3,11,13H2,1-2H3. The van der Waals surface area contributed by atoms with E-state index < -0.39 is 24.7 Å². The average Bonchev–Trinajstić information content (AvgIpc) is 2.78. The van der Waals surface area contributed by atoms with Gasteiger partial charge in [-0.05, 0) is 52.7 Å². The quantitative estimate of drug-likeness (QED) is 0.533. The summed E-state index contributed by atoms with van der Waals surface area (Å²) < 4.78 is 69.0. The Morgan fingerprint density at radius 1 is 0.774 bits per heavy atom. The Bertz CT molecular complexity index is 923. The van der Waals surface area contributed by atoms with Gasteiger partial charge in [-0.1, -0.05) is 49.4 Å². The average molecular weight is 434 g/mol. The van der Waals surface area contributed by atoms with Crippen molar-refractivity contribution in [2.24, 2.45) is 5.92 Å². The second kappa shape index (κ2) is 9.03. The van der Waals surface area contributed by atoms with Crippen molar-refractivity contribution in [3.8, 4) is 0 Å². The summed E-state index contributed by atoms with van der Waals surface area (Å²) in [6.45, 7) is 2.63. The minimum atomic E-state index is -1.87. The maximum absolute atomic E-state index is 15.0. The number of hydrogen-bond donors (Lipinski definition) is 0. The minimum Gasteiger partial charge on any atom is -0.498 e. The van der Waals surface area contributed by atoms with E-state index in [4.69, 9.17) is 9.47 Å². The molecule has 1 heterocycles. The summed E-state index contributed by atoms with van der Waals surface area (Å²) in [5, 5.41) is 0. The molecule has 0 radical (unpaired) electrons. The molecule has 0 amide bonds. The second-order valence-corrected chi connectivity index (χ2v) is 8.37. The molecule has 2 nitrogen and oxygen atoms in total. The summed E-state index contributed by atoms with van der Waals surface area (Å²) in [5.41, 5.74) is 1.75. The van der Waals surface area contributed by atoms with Crippen LogP contribution in [0.25, 0.3) is 11.1 Å². The molecule has 0 aromatic heterocycles. The molecule has 1 aliphatic heterocycles. The number of methoxy groups -OCH3 is 1. The molecule has 0 bridgehead atoms. The van der Waals surface area contributed by atoms with Crippen LogP contribution in [0.5, 0.6) is 0 Å². The largest absolute Gasteiger partial charge is 0.498 e. The van der Waals surface area contributed by atoms with Crippen LogP contribution in [-0.2, 0) is 9.47 Å². The van der Waals surface area contributed by atoms with Gasteiger partial charge in [-0.25, -0.2) is 17.6 Å². The van der Waals surface area contributed by atoms with Crippen molar-refractivity contribution in [2.45, 2.75) is 50.6 Å². The first-order chi connectivity index (χ1) is 14.9. The molecule has 0 saturated carbocycles. The van der Waals surface area contributed by atoms with Crippen LogP contribution in [0.3, 0.4) is 0 Å². The SMILES string of the molecule is COC1=CC=C(c2ccc(C3=CC=C(C4CCC(C)CO4)C(F)C3F)cc2)C(F)C1F. The van der Waals surface area contributed by atoms with Crippen molar-refractivity contribution in [3.63, 3.8) is 0 Å². The van der Waals surface area contributed by atoms with Gasteiger partial charge in [-0.2, -0.15) is 0 Å². The first kappa shape index (κ1) is 21.9. The maximum Gasteiger partial charge on any atom is 0.192 e. The molecule has 1 saturated heterocycles. The van der Waals surface area contributed by atoms with E-state index in [2.05, 4.69) is 6.92 Å². The molecular formula is C25H26F4O2. The molecule has 0 spiro atoms. The Morgan fingerprint density at radius 2 is 1.35 bits per heavy atom. The number of hydrogen-bond acceptors (Lipinski definition) is 2. The lowest BCUT2D eigenvalue weighted by Crippen LogP contribution is -2.34. The van der Waals surface area contributed by atoms with E-state index in [0.717, 1.165) is 6.42 Å². The Morgan fingerprint density at radius 3 is 1.90 bits per heavy atom. The van der Waals surface area contributed by atoms with Gasteiger partial charge >= 0.3 is 0 Å². The van der Waals surface area contributed by atoms with Crippen molar-refractivity contribution in [3.05, 3.63) is 71.0 Å². The Kier molecular flexibility index (Phi) is 6.37. The summed E-state index contributed by atoms with van der Waals surface area (Å²) in [6.07, 6.45) is 0.0216. The molecule has 6 unspecified atom stereocenters. The Hall–Kier alpha value is -2.34. The highest BCUT2D eigenvalue weighted by molar-refractivity contribution is 5.77. The fourth-order valence-corrected chi connectivity index (χ4v) is 4.33. The maximum atomic E-state index is 15.0. The molecular weight excluding hydrogens is 408 g/mol. The fraction of sp³-hybridized carbons (Fsp3) is 0.440. The lowest BCUT2D eigenvalue weighted by atomic mass is 9.84. The third-order valence-electron chi connectivity index (χ3n) is 6.24. The van der Waals surface area contributed by atoms with E-state index >= 15 is 0 Å². The van der Waals surface area contributed by atoms with E-state index in [1.54, 1.807) is 36.4 Å². The van der Waals surface area contributed by atoms with E-state index in [1.165, 1.54) is 19.3 Å². The number of alkyl halides is 4. The van der Waals surface area contributed by atoms with Crippen molar-refractivity contribution in [1.82, 2.24) is 0 Å². The van der Waals surface area contributed by atoms with Gasteiger partial charge in [0.25, 0.3) is 0 Å². The normalized spacial score (nSPS) is 33.7. The lowest BCUT2D eigenvalue weighted by molar-refractivity contribution is 0.000360. The van der Waals surface area contributed by atoms with Crippen LogP contribution in [0.4, 0.5) is 17.6 Å². The zero-order valence-electron chi connectivity index (χ0n) is 17.5. The van der Waals surface area contributed by atoms with E-state index in [9.17, 15) is 17.6 Å². The molecule has 6 heteroatoms. The van der Waals surface area contributed by atoms with Crippen LogP contribution in [0.2, 0.25) is 0 Å². The molecule has 2 aliphatic carbocycles. The third-order valence-corrected chi connectivity index (χ3v) is 6.24. The molecule has 0 N–H and O–H groups in total. The number of ether oxygens (including phenoxy) is 2. The van der Waals surface area contributed by atoms with Crippen molar-refractivity contribution in [1.29, 1.82) is 0 Å². The monoisotopic (exact) mass is 434 g/mol.